The Hall–Kier alpha value is -3.33. The zero-order chi connectivity index (χ0) is 16.8. The molecule has 25 heavy (non-hydrogen) atoms. The van der Waals surface area contributed by atoms with Gasteiger partial charge in [-0.2, -0.15) is 4.40 Å². The van der Waals surface area contributed by atoms with Crippen LogP contribution in [-0.4, -0.2) is 9.38 Å². The smallest absolute Gasteiger partial charge is 0.241 e. The Labute approximate surface area is 145 Å². The standard InChI is InChI=1S/C22H17N3/c1-24-20-9-5-6-10-21(20)25-15-19(23-22(24)25)18-13-11-17(12-14-18)16-7-3-2-4-8-16/h2-15H,1H3/p+1. The van der Waals surface area contributed by atoms with Crippen molar-refractivity contribution in [1.29, 1.82) is 0 Å². The number of aromatic nitrogens is 3. The highest BCUT2D eigenvalue weighted by atomic mass is 15.2. The monoisotopic (exact) mass is 324 g/mol. The van der Waals surface area contributed by atoms with Crippen molar-refractivity contribution in [3.05, 3.63) is 85.1 Å². The predicted molar refractivity (Wildman–Crippen MR) is 101 cm³/mol. The van der Waals surface area contributed by atoms with Crippen molar-refractivity contribution in [2.45, 2.75) is 0 Å². The fourth-order valence-corrected chi connectivity index (χ4v) is 3.52. The molecule has 2 aromatic heterocycles. The number of fused-ring (bicyclic) bond motifs is 3. The SMILES string of the molecule is C[n+]1c2ccccc2n2cc(-c3ccc(-c4ccccc4)cc3)[nH]c21. The highest BCUT2D eigenvalue weighted by Crippen LogP contribution is 2.25. The lowest BCUT2D eigenvalue weighted by molar-refractivity contribution is -0.620. The molecular weight excluding hydrogens is 306 g/mol. The molecular formula is C22H18N3+. The molecule has 0 aliphatic heterocycles. The van der Waals surface area contributed by atoms with E-state index in [0.717, 1.165) is 11.5 Å². The molecule has 0 aliphatic carbocycles. The Morgan fingerprint density at radius 3 is 2.16 bits per heavy atom. The minimum absolute atomic E-state index is 1.09. The third kappa shape index (κ3) is 2.17. The first-order chi connectivity index (χ1) is 12.3. The van der Waals surface area contributed by atoms with Crippen LogP contribution in [0, 0.1) is 0 Å². The van der Waals surface area contributed by atoms with Crippen molar-refractivity contribution in [2.24, 2.45) is 7.05 Å². The van der Waals surface area contributed by atoms with E-state index in [1.807, 2.05) is 6.07 Å². The van der Waals surface area contributed by atoms with Gasteiger partial charge in [-0.25, -0.2) is 9.55 Å². The third-order valence-electron chi connectivity index (χ3n) is 4.86. The van der Waals surface area contributed by atoms with E-state index in [4.69, 9.17) is 0 Å². The van der Waals surface area contributed by atoms with Gasteiger partial charge in [0.05, 0.1) is 7.05 Å². The van der Waals surface area contributed by atoms with Gasteiger partial charge in [0.2, 0.25) is 0 Å². The molecule has 3 nitrogen and oxygen atoms in total. The Morgan fingerprint density at radius 1 is 0.720 bits per heavy atom. The maximum absolute atomic E-state index is 3.55. The molecule has 0 unspecified atom stereocenters. The van der Waals surface area contributed by atoms with E-state index in [2.05, 4.69) is 100.0 Å². The summed E-state index contributed by atoms with van der Waals surface area (Å²) in [6.07, 6.45) is 2.18. The van der Waals surface area contributed by atoms with E-state index in [1.165, 1.54) is 27.7 Å². The number of benzene rings is 3. The minimum atomic E-state index is 1.09. The largest absolute Gasteiger partial charge is 0.367 e. The number of para-hydroxylation sites is 2. The summed E-state index contributed by atoms with van der Waals surface area (Å²) in [7, 11) is 2.09. The average molecular weight is 324 g/mol. The van der Waals surface area contributed by atoms with E-state index in [9.17, 15) is 0 Å². The summed E-state index contributed by atoms with van der Waals surface area (Å²) in [6, 6.07) is 27.6. The number of nitrogens with zero attached hydrogens (tertiary/aromatic N) is 2. The average Bonchev–Trinajstić information content (AvgIpc) is 3.23. The number of imidazole rings is 2. The normalized spacial score (nSPS) is 11.4. The molecule has 2 heterocycles. The summed E-state index contributed by atoms with van der Waals surface area (Å²) in [5.74, 6) is 1.09. The zero-order valence-electron chi connectivity index (χ0n) is 14.0. The fraction of sp³-hybridized carbons (Fsp3) is 0.0455. The molecule has 0 atom stereocenters. The number of hydrogen-bond acceptors (Lipinski definition) is 0. The molecule has 0 radical (unpaired) electrons. The van der Waals surface area contributed by atoms with Crippen LogP contribution in [0.1, 0.15) is 0 Å². The fourth-order valence-electron chi connectivity index (χ4n) is 3.52. The molecule has 0 amide bonds. The van der Waals surface area contributed by atoms with E-state index in [-0.39, 0.29) is 0 Å². The van der Waals surface area contributed by atoms with Gasteiger partial charge in [0.1, 0.15) is 22.9 Å². The van der Waals surface area contributed by atoms with Gasteiger partial charge in [-0.3, -0.25) is 0 Å². The number of aromatic amines is 1. The van der Waals surface area contributed by atoms with Crippen LogP contribution in [0.15, 0.2) is 85.1 Å². The molecule has 0 saturated carbocycles. The first kappa shape index (κ1) is 14.1. The van der Waals surface area contributed by atoms with Crippen molar-refractivity contribution >= 4 is 16.8 Å². The van der Waals surface area contributed by atoms with Crippen molar-refractivity contribution < 1.29 is 4.57 Å². The van der Waals surface area contributed by atoms with Crippen LogP contribution in [0.3, 0.4) is 0 Å². The third-order valence-corrected chi connectivity index (χ3v) is 4.86. The second-order valence-corrected chi connectivity index (χ2v) is 6.35. The van der Waals surface area contributed by atoms with Gasteiger partial charge in [0.25, 0.3) is 0 Å². The number of hydrogen-bond donors (Lipinski definition) is 1. The quantitative estimate of drug-likeness (QED) is 0.460. The summed E-state index contributed by atoms with van der Waals surface area (Å²) < 4.78 is 4.41. The van der Waals surface area contributed by atoms with Crippen LogP contribution >= 0.6 is 0 Å². The van der Waals surface area contributed by atoms with Crippen LogP contribution in [0.5, 0.6) is 0 Å². The summed E-state index contributed by atoms with van der Waals surface area (Å²) in [6.45, 7) is 0. The molecule has 0 aliphatic rings. The van der Waals surface area contributed by atoms with Crippen molar-refractivity contribution in [2.75, 3.05) is 0 Å². The predicted octanol–water partition coefficient (Wildman–Crippen LogP) is 4.58. The maximum atomic E-state index is 3.55. The molecule has 1 N–H and O–H groups in total. The zero-order valence-corrected chi connectivity index (χ0v) is 14.0. The van der Waals surface area contributed by atoms with E-state index < -0.39 is 0 Å². The van der Waals surface area contributed by atoms with Gasteiger partial charge in [-0.05, 0) is 23.3 Å². The molecule has 5 rings (SSSR count). The molecule has 3 aromatic carbocycles. The van der Waals surface area contributed by atoms with Crippen LogP contribution in [0.4, 0.5) is 0 Å². The lowest BCUT2D eigenvalue weighted by atomic mass is 10.0. The maximum Gasteiger partial charge on any atom is 0.367 e. The van der Waals surface area contributed by atoms with Gasteiger partial charge in [0.15, 0.2) is 0 Å². The number of rotatable bonds is 2. The van der Waals surface area contributed by atoms with Crippen LogP contribution in [0.2, 0.25) is 0 Å². The number of H-pyrrole nitrogens is 1. The molecule has 0 fully saturated rings. The first-order valence-corrected chi connectivity index (χ1v) is 8.45. The molecule has 3 heteroatoms. The van der Waals surface area contributed by atoms with Crippen molar-refractivity contribution in [1.82, 2.24) is 9.38 Å². The highest BCUT2D eigenvalue weighted by molar-refractivity contribution is 5.77. The Bertz CT molecular complexity index is 1180. The van der Waals surface area contributed by atoms with E-state index in [1.54, 1.807) is 0 Å². The molecule has 0 saturated heterocycles. The van der Waals surface area contributed by atoms with Gasteiger partial charge < -0.3 is 0 Å². The summed E-state index contributed by atoms with van der Waals surface area (Å²) in [5, 5.41) is 0. The molecule has 0 bridgehead atoms. The Kier molecular flexibility index (Phi) is 3.01. The highest BCUT2D eigenvalue weighted by Gasteiger charge is 2.18. The van der Waals surface area contributed by atoms with E-state index in [0.29, 0.717) is 0 Å². The molecule has 5 aromatic rings. The minimum Gasteiger partial charge on any atom is -0.241 e. The van der Waals surface area contributed by atoms with E-state index >= 15 is 0 Å². The van der Waals surface area contributed by atoms with Crippen molar-refractivity contribution in [3.63, 3.8) is 0 Å². The van der Waals surface area contributed by atoms with Gasteiger partial charge in [0, 0.05) is 5.56 Å². The topological polar surface area (TPSA) is 24.1 Å². The summed E-state index contributed by atoms with van der Waals surface area (Å²) in [5.41, 5.74) is 7.22. The lowest BCUT2D eigenvalue weighted by Crippen LogP contribution is -2.27. The second kappa shape index (κ2) is 5.35. The molecule has 120 valence electrons. The summed E-state index contributed by atoms with van der Waals surface area (Å²) >= 11 is 0. The number of nitrogens with one attached hydrogen (secondary N) is 1. The van der Waals surface area contributed by atoms with Gasteiger partial charge >= 0.3 is 5.78 Å². The van der Waals surface area contributed by atoms with Crippen molar-refractivity contribution in [3.8, 4) is 22.4 Å². The first-order valence-electron chi connectivity index (χ1n) is 8.45. The lowest BCUT2D eigenvalue weighted by Gasteiger charge is -2.02. The summed E-state index contributed by atoms with van der Waals surface area (Å²) in [4.78, 5) is 3.55. The number of aryl methyl sites for hydroxylation is 1. The van der Waals surface area contributed by atoms with Gasteiger partial charge in [-0.15, -0.1) is 0 Å². The second-order valence-electron chi connectivity index (χ2n) is 6.35. The Balaban J connectivity index is 1.60. The molecule has 0 spiro atoms. The van der Waals surface area contributed by atoms with Crippen LogP contribution < -0.4 is 4.57 Å². The van der Waals surface area contributed by atoms with Crippen LogP contribution in [0.25, 0.3) is 39.2 Å². The Morgan fingerprint density at radius 2 is 1.36 bits per heavy atom. The van der Waals surface area contributed by atoms with Gasteiger partial charge in [-0.1, -0.05) is 66.7 Å². The van der Waals surface area contributed by atoms with Crippen LogP contribution in [-0.2, 0) is 7.05 Å².